The molecule has 1 saturated carbocycles. The van der Waals surface area contributed by atoms with Crippen LogP contribution in [-0.2, 0) is 16.1 Å². The number of carbonyl (C=O) groups is 1. The van der Waals surface area contributed by atoms with E-state index in [1.165, 1.54) is 11.3 Å². The summed E-state index contributed by atoms with van der Waals surface area (Å²) in [5, 5.41) is 1.14. The maximum atomic E-state index is 14.3. The van der Waals surface area contributed by atoms with E-state index in [0.717, 1.165) is 66.8 Å². The molecule has 3 aromatic carbocycles. The Hall–Kier alpha value is -3.44. The molecule has 196 valence electrons. The van der Waals surface area contributed by atoms with Gasteiger partial charge in [-0.3, -0.25) is 4.79 Å². The molecular weight excluding hydrogens is 477 g/mol. The van der Waals surface area contributed by atoms with Crippen LogP contribution in [0.25, 0.3) is 16.6 Å². The topological polar surface area (TPSA) is 40.5 Å². The summed E-state index contributed by atoms with van der Waals surface area (Å²) in [4.78, 5) is 12.7. The van der Waals surface area contributed by atoms with Crippen molar-refractivity contribution in [2.45, 2.75) is 63.9 Å². The van der Waals surface area contributed by atoms with Gasteiger partial charge in [-0.15, -0.1) is 0 Å². The molecule has 1 aromatic heterocycles. The van der Waals surface area contributed by atoms with E-state index in [1.54, 1.807) is 6.07 Å². The summed E-state index contributed by atoms with van der Waals surface area (Å²) in [7, 11) is 0. The Morgan fingerprint density at radius 1 is 0.974 bits per heavy atom. The van der Waals surface area contributed by atoms with Gasteiger partial charge in [0.05, 0.1) is 5.52 Å². The van der Waals surface area contributed by atoms with Gasteiger partial charge in [0, 0.05) is 48.7 Å². The van der Waals surface area contributed by atoms with Crippen molar-refractivity contribution in [3.8, 4) is 11.4 Å². The quantitative estimate of drug-likeness (QED) is 0.265. The number of halogens is 1. The second-order valence-electron chi connectivity index (χ2n) is 10.7. The van der Waals surface area contributed by atoms with Crippen LogP contribution in [0.3, 0.4) is 0 Å². The second-order valence-corrected chi connectivity index (χ2v) is 10.7. The summed E-state index contributed by atoms with van der Waals surface area (Å²) in [6.45, 7) is 3.76. The minimum Gasteiger partial charge on any atom is -0.489 e. The molecule has 2 heterocycles. The molecule has 1 aliphatic heterocycles. The molecule has 38 heavy (non-hydrogen) atoms. The molecule has 2 fully saturated rings. The van der Waals surface area contributed by atoms with E-state index in [2.05, 4.69) is 28.8 Å². The maximum absolute atomic E-state index is 14.3. The largest absolute Gasteiger partial charge is 0.489 e. The highest BCUT2D eigenvalue weighted by Gasteiger charge is 2.33. The number of Topliss-reactive ketones (excluding diaryl/α,β-unsaturated/α-hetero) is 1. The van der Waals surface area contributed by atoms with Crippen molar-refractivity contribution in [3.05, 3.63) is 94.9 Å². The first-order chi connectivity index (χ1) is 18.6. The number of benzene rings is 3. The summed E-state index contributed by atoms with van der Waals surface area (Å²) in [5.74, 6) is 1.43. The van der Waals surface area contributed by atoms with Gasteiger partial charge in [-0.1, -0.05) is 30.3 Å². The first-order valence-electron chi connectivity index (χ1n) is 13.8. The highest BCUT2D eigenvalue weighted by Crippen LogP contribution is 2.46. The van der Waals surface area contributed by atoms with E-state index in [0.29, 0.717) is 36.7 Å². The summed E-state index contributed by atoms with van der Waals surface area (Å²) in [5.41, 5.74) is 6.31. The average Bonchev–Trinajstić information content (AvgIpc) is 3.29. The minimum absolute atomic E-state index is 0.170. The van der Waals surface area contributed by atoms with Gasteiger partial charge < -0.3 is 14.0 Å². The molecule has 0 amide bonds. The molecule has 1 saturated heterocycles. The Kier molecular flexibility index (Phi) is 7.03. The van der Waals surface area contributed by atoms with Gasteiger partial charge in [0.15, 0.2) is 0 Å². The van der Waals surface area contributed by atoms with E-state index in [-0.39, 0.29) is 11.7 Å². The number of hydrogen-bond donors (Lipinski definition) is 0. The van der Waals surface area contributed by atoms with Crippen LogP contribution in [0.5, 0.6) is 5.75 Å². The molecule has 2 aliphatic rings. The highest BCUT2D eigenvalue weighted by molar-refractivity contribution is 5.91. The first-order valence-corrected chi connectivity index (χ1v) is 13.8. The molecule has 1 aliphatic carbocycles. The molecule has 4 nitrogen and oxygen atoms in total. The Balaban J connectivity index is 1.54. The third kappa shape index (κ3) is 4.88. The smallest absolute Gasteiger partial charge is 0.133 e. The maximum Gasteiger partial charge on any atom is 0.133 e. The predicted octanol–water partition coefficient (Wildman–Crippen LogP) is 7.78. The lowest BCUT2D eigenvalue weighted by Crippen LogP contribution is -2.20. The van der Waals surface area contributed by atoms with Crippen molar-refractivity contribution >= 4 is 16.7 Å². The zero-order valence-corrected chi connectivity index (χ0v) is 21.9. The number of ketones is 1. The summed E-state index contributed by atoms with van der Waals surface area (Å²) in [6, 6.07) is 21.9. The SMILES string of the molecule is Cc1cc(-n2c(C3CCOCC3)c(C3CCCC(=O)C3)c3cc(OCc4ccccc4)ccc32)ccc1F. The van der Waals surface area contributed by atoms with Crippen LogP contribution in [0, 0.1) is 12.7 Å². The molecule has 5 heteroatoms. The van der Waals surface area contributed by atoms with Crippen LogP contribution < -0.4 is 4.74 Å². The first kappa shape index (κ1) is 24.9. The summed E-state index contributed by atoms with van der Waals surface area (Å²) >= 11 is 0. The fourth-order valence-corrected chi connectivity index (χ4v) is 6.26. The lowest BCUT2D eigenvalue weighted by atomic mass is 9.79. The van der Waals surface area contributed by atoms with Crippen LogP contribution in [0.4, 0.5) is 4.39 Å². The number of nitrogens with zero attached hydrogens (tertiary/aromatic N) is 1. The van der Waals surface area contributed by atoms with Crippen LogP contribution in [0.15, 0.2) is 66.7 Å². The predicted molar refractivity (Wildman–Crippen MR) is 148 cm³/mol. The van der Waals surface area contributed by atoms with Crippen molar-refractivity contribution in [1.29, 1.82) is 0 Å². The van der Waals surface area contributed by atoms with Gasteiger partial charge in [0.2, 0.25) is 0 Å². The van der Waals surface area contributed by atoms with Gasteiger partial charge >= 0.3 is 0 Å². The summed E-state index contributed by atoms with van der Waals surface area (Å²) in [6.07, 6.45) is 5.03. The number of hydrogen-bond acceptors (Lipinski definition) is 3. The molecular formula is C33H34FNO3. The Bertz CT molecular complexity index is 1450. The van der Waals surface area contributed by atoms with Gasteiger partial charge in [-0.25, -0.2) is 4.39 Å². The van der Waals surface area contributed by atoms with E-state index in [1.807, 2.05) is 43.3 Å². The third-order valence-corrected chi connectivity index (χ3v) is 8.16. The minimum atomic E-state index is -0.201. The van der Waals surface area contributed by atoms with E-state index < -0.39 is 0 Å². The Labute approximate surface area is 223 Å². The number of rotatable bonds is 6. The fraction of sp³-hybridized carbons (Fsp3) is 0.364. The standard InChI is InChI=1S/C33H34FNO3/c1-22-18-26(10-12-30(22)34)35-31-13-11-28(38-21-23-6-3-2-4-7-23)20-29(31)32(25-8-5-9-27(36)19-25)33(35)24-14-16-37-17-15-24/h2-4,6-7,10-13,18,20,24-25H,5,8-9,14-17,19,21H2,1H3. The molecule has 6 rings (SSSR count). The van der Waals surface area contributed by atoms with Crippen LogP contribution in [0.2, 0.25) is 0 Å². The van der Waals surface area contributed by atoms with Crippen molar-refractivity contribution in [3.63, 3.8) is 0 Å². The van der Waals surface area contributed by atoms with Gasteiger partial charge in [-0.2, -0.15) is 0 Å². The fourth-order valence-electron chi connectivity index (χ4n) is 6.26. The van der Waals surface area contributed by atoms with Crippen LogP contribution >= 0.6 is 0 Å². The Morgan fingerprint density at radius 3 is 2.55 bits per heavy atom. The molecule has 4 aromatic rings. The van der Waals surface area contributed by atoms with Gasteiger partial charge in [0.25, 0.3) is 0 Å². The number of carbonyl (C=O) groups excluding carboxylic acids is 1. The number of aromatic nitrogens is 1. The van der Waals surface area contributed by atoms with Gasteiger partial charge in [-0.05, 0) is 91.6 Å². The Morgan fingerprint density at radius 2 is 1.79 bits per heavy atom. The molecule has 0 spiro atoms. The normalized spacial score (nSPS) is 18.7. The zero-order valence-electron chi connectivity index (χ0n) is 21.9. The molecule has 0 radical (unpaired) electrons. The number of aryl methyl sites for hydroxylation is 1. The third-order valence-electron chi connectivity index (χ3n) is 8.16. The highest BCUT2D eigenvalue weighted by atomic mass is 19.1. The average molecular weight is 512 g/mol. The van der Waals surface area contributed by atoms with Crippen molar-refractivity contribution < 1.29 is 18.7 Å². The summed E-state index contributed by atoms with van der Waals surface area (Å²) < 4.78 is 28.6. The monoisotopic (exact) mass is 511 g/mol. The van der Waals surface area contributed by atoms with E-state index in [9.17, 15) is 9.18 Å². The molecule has 1 unspecified atom stereocenters. The number of fused-ring (bicyclic) bond motifs is 1. The van der Waals surface area contributed by atoms with E-state index >= 15 is 0 Å². The van der Waals surface area contributed by atoms with Crippen LogP contribution in [0.1, 0.15) is 72.7 Å². The number of ether oxygens (including phenoxy) is 2. The van der Waals surface area contributed by atoms with Crippen molar-refractivity contribution in [1.82, 2.24) is 4.57 Å². The van der Waals surface area contributed by atoms with Crippen molar-refractivity contribution in [2.75, 3.05) is 13.2 Å². The lowest BCUT2D eigenvalue weighted by molar-refractivity contribution is -0.120. The molecule has 0 N–H and O–H groups in total. The zero-order chi connectivity index (χ0) is 26.1. The lowest BCUT2D eigenvalue weighted by Gasteiger charge is -2.29. The van der Waals surface area contributed by atoms with E-state index in [4.69, 9.17) is 9.47 Å². The second kappa shape index (κ2) is 10.7. The van der Waals surface area contributed by atoms with Crippen LogP contribution in [-0.4, -0.2) is 23.6 Å². The molecule has 1 atom stereocenters. The van der Waals surface area contributed by atoms with Gasteiger partial charge in [0.1, 0.15) is 24.0 Å². The van der Waals surface area contributed by atoms with Crippen molar-refractivity contribution in [2.24, 2.45) is 0 Å². The molecule has 0 bridgehead atoms.